The van der Waals surface area contributed by atoms with E-state index in [1.165, 1.54) is 18.0 Å². The molecule has 2 fully saturated rings. The van der Waals surface area contributed by atoms with Crippen LogP contribution in [0.2, 0.25) is 0 Å². The second-order valence-corrected chi connectivity index (χ2v) is 12.0. The molecule has 5 aromatic rings. The van der Waals surface area contributed by atoms with E-state index in [9.17, 15) is 4.79 Å². The number of likely N-dealkylation sites (N-methyl/N-ethyl adjacent to an activating group) is 2. The van der Waals surface area contributed by atoms with E-state index in [0.29, 0.717) is 52.3 Å². The van der Waals surface area contributed by atoms with Gasteiger partial charge in [-0.2, -0.15) is 0 Å². The van der Waals surface area contributed by atoms with Gasteiger partial charge in [-0.05, 0) is 57.5 Å². The SMILES string of the molecule is C=CC(=O)Nc1cc(Nc2ncc(-c3ncco3)c(-c3cn(C4CC4)c4ccccc34)n2)c(OC)cc1N(C)CC1CCCN1C. The lowest BCUT2D eigenvalue weighted by atomic mass is 10.1. The summed E-state index contributed by atoms with van der Waals surface area (Å²) in [6.45, 7) is 5.54. The summed E-state index contributed by atoms with van der Waals surface area (Å²) in [7, 11) is 5.82. The Hall–Kier alpha value is -5.16. The summed E-state index contributed by atoms with van der Waals surface area (Å²) in [6.07, 6.45) is 13.0. The Labute approximate surface area is 267 Å². The molecule has 3 aromatic heterocycles. The summed E-state index contributed by atoms with van der Waals surface area (Å²) in [5, 5.41) is 7.45. The van der Waals surface area contributed by atoms with Gasteiger partial charge in [0.05, 0.1) is 41.6 Å². The highest BCUT2D eigenvalue weighted by Gasteiger charge is 2.28. The zero-order valence-electron chi connectivity index (χ0n) is 26.4. The van der Waals surface area contributed by atoms with Crippen LogP contribution >= 0.6 is 0 Å². The number of amides is 1. The smallest absolute Gasteiger partial charge is 0.247 e. The van der Waals surface area contributed by atoms with Gasteiger partial charge >= 0.3 is 0 Å². The van der Waals surface area contributed by atoms with Gasteiger partial charge in [0.1, 0.15) is 12.0 Å². The van der Waals surface area contributed by atoms with Crippen molar-refractivity contribution in [3.8, 4) is 28.5 Å². The number of likely N-dealkylation sites (tertiary alicyclic amines) is 1. The van der Waals surface area contributed by atoms with Crippen LogP contribution in [0.1, 0.15) is 31.7 Å². The van der Waals surface area contributed by atoms with Gasteiger partial charge in [0, 0.05) is 60.6 Å². The predicted molar refractivity (Wildman–Crippen MR) is 181 cm³/mol. The number of anilines is 4. The Morgan fingerprint density at radius 3 is 2.74 bits per heavy atom. The van der Waals surface area contributed by atoms with Crippen LogP contribution in [0, 0.1) is 0 Å². The van der Waals surface area contributed by atoms with Gasteiger partial charge in [0.15, 0.2) is 0 Å². The second-order valence-electron chi connectivity index (χ2n) is 12.0. The number of benzene rings is 2. The van der Waals surface area contributed by atoms with E-state index in [1.54, 1.807) is 25.8 Å². The Balaban J connectivity index is 1.29. The van der Waals surface area contributed by atoms with Gasteiger partial charge in [-0.25, -0.2) is 15.0 Å². The molecule has 1 aliphatic carbocycles. The molecule has 0 radical (unpaired) electrons. The maximum atomic E-state index is 12.5. The van der Waals surface area contributed by atoms with Gasteiger partial charge < -0.3 is 34.2 Å². The number of carbonyl (C=O) groups is 1. The number of aromatic nitrogens is 4. The number of nitrogens with zero attached hydrogens (tertiary/aromatic N) is 6. The fraction of sp³-hybridized carbons (Fsp3) is 0.314. The predicted octanol–water partition coefficient (Wildman–Crippen LogP) is 6.50. The molecular formula is C35H38N8O3. The van der Waals surface area contributed by atoms with Crippen LogP contribution in [0.3, 0.4) is 0 Å². The first kappa shape index (κ1) is 29.5. The highest BCUT2D eigenvalue weighted by atomic mass is 16.5. The molecule has 1 saturated carbocycles. The molecule has 2 aliphatic rings. The van der Waals surface area contributed by atoms with Crippen molar-refractivity contribution in [1.82, 2.24) is 24.4 Å². The molecule has 11 heteroatoms. The molecule has 1 saturated heterocycles. The van der Waals surface area contributed by atoms with E-state index in [2.05, 4.69) is 73.0 Å². The summed E-state index contributed by atoms with van der Waals surface area (Å²) in [5.74, 6) is 1.09. The number of hydrogen-bond donors (Lipinski definition) is 2. The normalized spacial score (nSPS) is 16.5. The maximum Gasteiger partial charge on any atom is 0.247 e. The summed E-state index contributed by atoms with van der Waals surface area (Å²) in [5.41, 5.74) is 5.60. The molecule has 1 amide bonds. The van der Waals surface area contributed by atoms with Crippen LogP contribution < -0.4 is 20.3 Å². The molecule has 46 heavy (non-hydrogen) atoms. The molecule has 0 spiro atoms. The number of hydrogen-bond acceptors (Lipinski definition) is 9. The van der Waals surface area contributed by atoms with E-state index >= 15 is 0 Å². The molecule has 7 rings (SSSR count). The monoisotopic (exact) mass is 618 g/mol. The van der Waals surface area contributed by atoms with E-state index in [-0.39, 0.29) is 5.91 Å². The fourth-order valence-corrected chi connectivity index (χ4v) is 6.39. The molecule has 236 valence electrons. The van der Waals surface area contributed by atoms with E-state index < -0.39 is 0 Å². The second kappa shape index (κ2) is 12.3. The molecule has 4 heterocycles. The molecular weight excluding hydrogens is 580 g/mol. The van der Waals surface area contributed by atoms with E-state index in [1.807, 2.05) is 25.2 Å². The van der Waals surface area contributed by atoms with Crippen molar-refractivity contribution < 1.29 is 13.9 Å². The minimum absolute atomic E-state index is 0.301. The molecule has 11 nitrogen and oxygen atoms in total. The van der Waals surface area contributed by atoms with Crippen molar-refractivity contribution >= 4 is 39.8 Å². The van der Waals surface area contributed by atoms with Crippen LogP contribution in [0.25, 0.3) is 33.6 Å². The number of oxazole rings is 1. The first-order valence-electron chi connectivity index (χ1n) is 15.6. The van der Waals surface area contributed by atoms with Gasteiger partial charge in [-0.1, -0.05) is 24.8 Å². The highest BCUT2D eigenvalue weighted by molar-refractivity contribution is 6.02. The maximum absolute atomic E-state index is 12.5. The number of rotatable bonds is 11. The minimum atomic E-state index is -0.301. The van der Waals surface area contributed by atoms with Crippen LogP contribution in [-0.2, 0) is 4.79 Å². The lowest BCUT2D eigenvalue weighted by molar-refractivity contribution is -0.111. The lowest BCUT2D eigenvalue weighted by Gasteiger charge is -2.29. The third-order valence-electron chi connectivity index (χ3n) is 8.96. The third kappa shape index (κ3) is 5.69. The van der Waals surface area contributed by atoms with Crippen molar-refractivity contribution in [2.75, 3.05) is 49.8 Å². The topological polar surface area (TPSA) is 114 Å². The van der Waals surface area contributed by atoms with Gasteiger partial charge in [-0.15, -0.1) is 0 Å². The van der Waals surface area contributed by atoms with Crippen molar-refractivity contribution in [2.24, 2.45) is 0 Å². The van der Waals surface area contributed by atoms with E-state index in [4.69, 9.17) is 14.1 Å². The number of fused-ring (bicyclic) bond motifs is 1. The molecule has 2 N–H and O–H groups in total. The third-order valence-corrected chi connectivity index (χ3v) is 8.96. The Morgan fingerprint density at radius 2 is 2.02 bits per heavy atom. The first-order valence-corrected chi connectivity index (χ1v) is 15.6. The van der Waals surface area contributed by atoms with E-state index in [0.717, 1.165) is 49.0 Å². The Bertz CT molecular complexity index is 1900. The van der Waals surface area contributed by atoms with Crippen molar-refractivity contribution in [3.63, 3.8) is 0 Å². The van der Waals surface area contributed by atoms with Gasteiger partial charge in [-0.3, -0.25) is 4.79 Å². The van der Waals surface area contributed by atoms with Crippen molar-refractivity contribution in [3.05, 3.63) is 73.9 Å². The number of nitrogens with one attached hydrogen (secondary N) is 2. The Morgan fingerprint density at radius 1 is 1.17 bits per heavy atom. The zero-order valence-corrected chi connectivity index (χ0v) is 26.4. The van der Waals surface area contributed by atoms with Crippen LogP contribution in [0.15, 0.2) is 78.3 Å². The largest absolute Gasteiger partial charge is 0.494 e. The molecule has 1 aliphatic heterocycles. The average molecular weight is 619 g/mol. The van der Waals surface area contributed by atoms with Crippen molar-refractivity contribution in [1.29, 1.82) is 0 Å². The number of ether oxygens (including phenoxy) is 1. The number of methoxy groups -OCH3 is 1. The molecule has 1 atom stereocenters. The summed E-state index contributed by atoms with van der Waals surface area (Å²) < 4.78 is 13.9. The highest BCUT2D eigenvalue weighted by Crippen LogP contribution is 2.43. The summed E-state index contributed by atoms with van der Waals surface area (Å²) in [4.78, 5) is 31.2. The Kier molecular flexibility index (Phi) is 7.91. The molecule has 0 bridgehead atoms. The molecule has 1 unspecified atom stereocenters. The minimum Gasteiger partial charge on any atom is -0.494 e. The fourth-order valence-electron chi connectivity index (χ4n) is 6.39. The van der Waals surface area contributed by atoms with Crippen LogP contribution in [0.5, 0.6) is 5.75 Å². The molecule has 2 aromatic carbocycles. The van der Waals surface area contributed by atoms with Crippen molar-refractivity contribution in [2.45, 2.75) is 37.8 Å². The quantitative estimate of drug-likeness (QED) is 0.160. The van der Waals surface area contributed by atoms with Gasteiger partial charge in [0.2, 0.25) is 17.7 Å². The van der Waals surface area contributed by atoms with Gasteiger partial charge in [0.25, 0.3) is 0 Å². The number of para-hydroxylation sites is 1. The standard InChI is InChI=1S/C35H38N8O3/c1-5-32(44)38-27-17-28(31(45-4)18-30(27)42(3)20-23-9-8-15-41(23)2)39-35-37-19-25(34-36-14-16-46-34)33(40-35)26-21-43(22-12-13-22)29-11-7-6-10-24(26)29/h5-7,10-11,14,16-19,21-23H,1,8-9,12-13,15,20H2,2-4H3,(H,38,44)(H,37,39,40). The zero-order chi connectivity index (χ0) is 31.8. The lowest BCUT2D eigenvalue weighted by Crippen LogP contribution is -2.37. The van der Waals surface area contributed by atoms with Crippen LogP contribution in [0.4, 0.5) is 23.0 Å². The summed E-state index contributed by atoms with van der Waals surface area (Å²) >= 11 is 0. The summed E-state index contributed by atoms with van der Waals surface area (Å²) in [6, 6.07) is 13.1. The number of carbonyl (C=O) groups excluding carboxylic acids is 1. The van der Waals surface area contributed by atoms with Crippen LogP contribution in [-0.4, -0.2) is 70.7 Å². The average Bonchev–Trinajstić information content (AvgIpc) is 3.41. The first-order chi connectivity index (χ1) is 22.4.